The smallest absolute Gasteiger partial charge is 0.408 e. The van der Waals surface area contributed by atoms with E-state index >= 15 is 0 Å². The van der Waals surface area contributed by atoms with Crippen molar-refractivity contribution in [2.75, 3.05) is 13.7 Å². The Morgan fingerprint density at radius 2 is 1.76 bits per heavy atom. The first kappa shape index (κ1) is 19.2. The third-order valence-corrected chi connectivity index (χ3v) is 2.80. The van der Waals surface area contributed by atoms with E-state index in [-0.39, 0.29) is 12.5 Å². The zero-order valence-corrected chi connectivity index (χ0v) is 13.6. The third kappa shape index (κ3) is 8.16. The van der Waals surface area contributed by atoms with Crippen LogP contribution < -0.4 is 10.6 Å². The molecule has 7 heteroatoms. The minimum absolute atomic E-state index is 0.102. The number of ether oxygens (including phenoxy) is 2. The fraction of sp³-hybridized carbons (Fsp3) is 0.786. The Balaban J connectivity index is 4.69. The van der Waals surface area contributed by atoms with Crippen molar-refractivity contribution in [2.45, 2.75) is 52.7 Å². The summed E-state index contributed by atoms with van der Waals surface area (Å²) in [6.45, 7) is 8.71. The molecule has 2 amide bonds. The Bertz CT molecular complexity index is 376. The topological polar surface area (TPSA) is 93.7 Å². The molecule has 0 aromatic carbocycles. The summed E-state index contributed by atoms with van der Waals surface area (Å²) in [5.41, 5.74) is -0.646. The number of nitrogens with one attached hydrogen (secondary N) is 2. The van der Waals surface area contributed by atoms with Gasteiger partial charge in [0, 0.05) is 0 Å². The SMILES string of the molecule is CC[C@H](C)[C@H](NC(=O)OC(C)(C)C)C(=O)NCC(=O)OC. The monoisotopic (exact) mass is 302 g/mol. The Morgan fingerprint density at radius 3 is 2.19 bits per heavy atom. The van der Waals surface area contributed by atoms with Crippen molar-refractivity contribution in [2.24, 2.45) is 5.92 Å². The highest BCUT2D eigenvalue weighted by Gasteiger charge is 2.28. The van der Waals surface area contributed by atoms with Crippen LogP contribution in [0.1, 0.15) is 41.0 Å². The molecule has 0 aliphatic heterocycles. The van der Waals surface area contributed by atoms with E-state index in [1.807, 2.05) is 13.8 Å². The molecule has 0 bridgehead atoms. The van der Waals surface area contributed by atoms with Gasteiger partial charge in [0.15, 0.2) is 0 Å². The minimum atomic E-state index is -0.769. The van der Waals surface area contributed by atoms with Gasteiger partial charge in [-0.25, -0.2) is 4.79 Å². The van der Waals surface area contributed by atoms with Gasteiger partial charge in [0.05, 0.1) is 7.11 Å². The number of hydrogen-bond donors (Lipinski definition) is 2. The Morgan fingerprint density at radius 1 is 1.19 bits per heavy atom. The highest BCUT2D eigenvalue weighted by molar-refractivity contribution is 5.88. The number of carbonyl (C=O) groups is 3. The first-order valence-electron chi connectivity index (χ1n) is 6.94. The fourth-order valence-electron chi connectivity index (χ4n) is 1.48. The summed E-state index contributed by atoms with van der Waals surface area (Å²) in [5, 5.41) is 4.97. The highest BCUT2D eigenvalue weighted by Crippen LogP contribution is 2.11. The standard InChI is InChI=1S/C14H26N2O5/c1-7-9(2)11(12(18)15-8-10(17)20-6)16-13(19)21-14(3,4)5/h9,11H,7-8H2,1-6H3,(H,15,18)(H,16,19)/t9-,11-/m0/s1. The van der Waals surface area contributed by atoms with Crippen molar-refractivity contribution < 1.29 is 23.9 Å². The predicted molar refractivity (Wildman–Crippen MR) is 77.6 cm³/mol. The summed E-state index contributed by atoms with van der Waals surface area (Å²) in [7, 11) is 1.24. The second-order valence-electron chi connectivity index (χ2n) is 5.80. The van der Waals surface area contributed by atoms with Gasteiger partial charge in [-0.2, -0.15) is 0 Å². The second kappa shape index (κ2) is 8.49. The maximum atomic E-state index is 12.1. The van der Waals surface area contributed by atoms with Gasteiger partial charge in [-0.1, -0.05) is 20.3 Å². The van der Waals surface area contributed by atoms with Gasteiger partial charge in [0.25, 0.3) is 0 Å². The quantitative estimate of drug-likeness (QED) is 0.719. The van der Waals surface area contributed by atoms with Crippen molar-refractivity contribution in [1.82, 2.24) is 10.6 Å². The maximum Gasteiger partial charge on any atom is 0.408 e. The number of rotatable bonds is 6. The third-order valence-electron chi connectivity index (χ3n) is 2.80. The normalized spacial score (nSPS) is 13.8. The first-order chi connectivity index (χ1) is 9.60. The van der Waals surface area contributed by atoms with E-state index in [0.717, 1.165) is 0 Å². The van der Waals surface area contributed by atoms with Gasteiger partial charge >= 0.3 is 12.1 Å². The average molecular weight is 302 g/mol. The summed E-state index contributed by atoms with van der Waals surface area (Å²) < 4.78 is 9.59. The summed E-state index contributed by atoms with van der Waals surface area (Å²) in [6.07, 6.45) is 0.0209. The Labute approximate surface area is 125 Å². The van der Waals surface area contributed by atoms with Crippen LogP contribution in [0.3, 0.4) is 0 Å². The molecule has 0 aliphatic carbocycles. The maximum absolute atomic E-state index is 12.1. The van der Waals surface area contributed by atoms with E-state index in [4.69, 9.17) is 4.74 Å². The molecule has 2 atom stereocenters. The lowest BCUT2D eigenvalue weighted by Gasteiger charge is -2.26. The van der Waals surface area contributed by atoms with E-state index in [1.54, 1.807) is 20.8 Å². The van der Waals surface area contributed by atoms with Gasteiger partial charge in [-0.15, -0.1) is 0 Å². The van der Waals surface area contributed by atoms with Crippen LogP contribution in [0, 0.1) is 5.92 Å². The van der Waals surface area contributed by atoms with Crippen LogP contribution in [0.4, 0.5) is 4.79 Å². The predicted octanol–water partition coefficient (Wildman–Crippen LogP) is 1.22. The molecule has 0 aromatic heterocycles. The largest absolute Gasteiger partial charge is 0.468 e. The van der Waals surface area contributed by atoms with Gasteiger partial charge in [0.1, 0.15) is 18.2 Å². The van der Waals surface area contributed by atoms with Crippen LogP contribution in [0.25, 0.3) is 0 Å². The Hall–Kier alpha value is -1.79. The van der Waals surface area contributed by atoms with E-state index < -0.39 is 29.6 Å². The molecule has 21 heavy (non-hydrogen) atoms. The van der Waals surface area contributed by atoms with E-state index in [0.29, 0.717) is 6.42 Å². The molecular formula is C14H26N2O5. The molecule has 0 spiro atoms. The van der Waals surface area contributed by atoms with Crippen molar-refractivity contribution >= 4 is 18.0 Å². The summed E-state index contributed by atoms with van der Waals surface area (Å²) in [4.78, 5) is 34.9. The lowest BCUT2D eigenvalue weighted by molar-refractivity contribution is -0.141. The van der Waals surface area contributed by atoms with Gasteiger partial charge in [0.2, 0.25) is 5.91 Å². The number of esters is 1. The van der Waals surface area contributed by atoms with Crippen LogP contribution in [-0.4, -0.2) is 43.3 Å². The lowest BCUT2D eigenvalue weighted by Crippen LogP contribution is -2.52. The summed E-state index contributed by atoms with van der Waals surface area (Å²) in [6, 6.07) is -0.769. The number of alkyl carbamates (subject to hydrolysis) is 1. The molecule has 0 fully saturated rings. The summed E-state index contributed by atoms with van der Waals surface area (Å²) >= 11 is 0. The van der Waals surface area contributed by atoms with Crippen molar-refractivity contribution in [1.29, 1.82) is 0 Å². The van der Waals surface area contributed by atoms with Gasteiger partial charge in [-0.3, -0.25) is 9.59 Å². The van der Waals surface area contributed by atoms with E-state index in [2.05, 4.69) is 15.4 Å². The molecule has 7 nitrogen and oxygen atoms in total. The molecule has 0 aliphatic rings. The highest BCUT2D eigenvalue weighted by atomic mass is 16.6. The Kier molecular flexibility index (Phi) is 7.76. The molecule has 122 valence electrons. The molecule has 0 rings (SSSR count). The zero-order valence-electron chi connectivity index (χ0n) is 13.6. The van der Waals surface area contributed by atoms with Crippen LogP contribution in [0.15, 0.2) is 0 Å². The molecule has 2 N–H and O–H groups in total. The van der Waals surface area contributed by atoms with Gasteiger partial charge < -0.3 is 20.1 Å². The van der Waals surface area contributed by atoms with Crippen molar-refractivity contribution in [3.8, 4) is 0 Å². The van der Waals surface area contributed by atoms with Crippen LogP contribution >= 0.6 is 0 Å². The molecule has 0 saturated heterocycles. The van der Waals surface area contributed by atoms with Crippen molar-refractivity contribution in [3.63, 3.8) is 0 Å². The van der Waals surface area contributed by atoms with Crippen LogP contribution in [0.5, 0.6) is 0 Å². The average Bonchev–Trinajstić information content (AvgIpc) is 2.38. The van der Waals surface area contributed by atoms with E-state index in [1.165, 1.54) is 7.11 Å². The second-order valence-corrected chi connectivity index (χ2v) is 5.80. The lowest BCUT2D eigenvalue weighted by atomic mass is 9.98. The first-order valence-corrected chi connectivity index (χ1v) is 6.94. The molecular weight excluding hydrogens is 276 g/mol. The molecule has 0 radical (unpaired) electrons. The number of methoxy groups -OCH3 is 1. The zero-order chi connectivity index (χ0) is 16.6. The van der Waals surface area contributed by atoms with E-state index in [9.17, 15) is 14.4 Å². The number of amides is 2. The minimum Gasteiger partial charge on any atom is -0.468 e. The van der Waals surface area contributed by atoms with Crippen LogP contribution in [0.2, 0.25) is 0 Å². The van der Waals surface area contributed by atoms with Crippen molar-refractivity contribution in [3.05, 3.63) is 0 Å². The molecule has 0 aromatic rings. The van der Waals surface area contributed by atoms with Crippen LogP contribution in [-0.2, 0) is 19.1 Å². The summed E-state index contributed by atoms with van der Waals surface area (Å²) in [5.74, 6) is -1.10. The van der Waals surface area contributed by atoms with Gasteiger partial charge in [-0.05, 0) is 26.7 Å². The molecule has 0 saturated carbocycles. The molecule has 0 heterocycles. The number of carbonyl (C=O) groups excluding carboxylic acids is 3. The molecule has 0 unspecified atom stereocenters. The fourth-order valence-corrected chi connectivity index (χ4v) is 1.48. The number of hydrogen-bond acceptors (Lipinski definition) is 5.